The van der Waals surface area contributed by atoms with E-state index in [1.807, 2.05) is 42.5 Å². The maximum Gasteiger partial charge on any atom is 0.214 e. The van der Waals surface area contributed by atoms with Crippen molar-refractivity contribution in [2.24, 2.45) is 0 Å². The minimum atomic E-state index is -0.281. The van der Waals surface area contributed by atoms with Crippen LogP contribution in [0.3, 0.4) is 0 Å². The molecule has 0 unspecified atom stereocenters. The predicted octanol–water partition coefficient (Wildman–Crippen LogP) is 5.34. The molecule has 0 radical (unpaired) electrons. The molecule has 0 saturated carbocycles. The van der Waals surface area contributed by atoms with Gasteiger partial charge in [-0.05, 0) is 46.8 Å². The number of hydrogen-bond acceptors (Lipinski definition) is 6. The second-order valence-corrected chi connectivity index (χ2v) is 8.36. The number of rotatable bonds is 10. The van der Waals surface area contributed by atoms with Gasteiger partial charge in [-0.2, -0.15) is 4.68 Å². The van der Waals surface area contributed by atoms with Crippen LogP contribution in [0.1, 0.15) is 11.1 Å². The van der Waals surface area contributed by atoms with Crippen LogP contribution in [0.2, 0.25) is 5.02 Å². The van der Waals surface area contributed by atoms with Gasteiger partial charge in [0.2, 0.25) is 5.16 Å². The molecule has 33 heavy (non-hydrogen) atoms. The number of nitrogens with one attached hydrogen (secondary N) is 1. The number of aromatic nitrogens is 4. The van der Waals surface area contributed by atoms with E-state index in [2.05, 4.69) is 20.8 Å². The second kappa shape index (κ2) is 12.6. The van der Waals surface area contributed by atoms with Gasteiger partial charge in [-0.1, -0.05) is 59.8 Å². The van der Waals surface area contributed by atoms with E-state index in [1.54, 1.807) is 40.7 Å². The van der Waals surface area contributed by atoms with Crippen LogP contribution in [0.15, 0.2) is 78.0 Å². The van der Waals surface area contributed by atoms with E-state index in [4.69, 9.17) is 16.3 Å². The van der Waals surface area contributed by atoms with Crippen LogP contribution >= 0.6 is 35.8 Å². The third kappa shape index (κ3) is 6.91. The molecule has 0 aliphatic carbocycles. The van der Waals surface area contributed by atoms with Crippen LogP contribution in [0, 0.1) is 5.82 Å². The number of tetrazole rings is 1. The summed E-state index contributed by atoms with van der Waals surface area (Å²) in [7, 11) is 0. The number of ether oxygens (including phenoxy) is 1. The van der Waals surface area contributed by atoms with Crippen molar-refractivity contribution in [2.45, 2.75) is 18.3 Å². The highest BCUT2D eigenvalue weighted by molar-refractivity contribution is 7.99. The van der Waals surface area contributed by atoms with Crippen LogP contribution in [0.5, 0.6) is 5.75 Å². The van der Waals surface area contributed by atoms with E-state index in [0.29, 0.717) is 22.9 Å². The summed E-state index contributed by atoms with van der Waals surface area (Å²) in [6.45, 7) is 1.45. The molecule has 4 rings (SSSR count). The number of para-hydroxylation sites is 1. The summed E-state index contributed by atoms with van der Waals surface area (Å²) in [4.78, 5) is 0. The summed E-state index contributed by atoms with van der Waals surface area (Å²) in [5, 5.41) is 16.7. The van der Waals surface area contributed by atoms with Gasteiger partial charge in [0.05, 0.1) is 5.69 Å². The van der Waals surface area contributed by atoms with Gasteiger partial charge in [-0.25, -0.2) is 4.39 Å². The Hall–Kier alpha value is -2.65. The zero-order chi connectivity index (χ0) is 22.2. The summed E-state index contributed by atoms with van der Waals surface area (Å²) in [6.07, 6.45) is 0. The van der Waals surface area contributed by atoms with Gasteiger partial charge in [0.1, 0.15) is 18.2 Å². The first-order valence-corrected chi connectivity index (χ1v) is 11.4. The molecular weight excluding hydrogens is 484 g/mol. The van der Waals surface area contributed by atoms with Crippen molar-refractivity contribution in [1.29, 1.82) is 0 Å². The Bertz CT molecular complexity index is 1160. The van der Waals surface area contributed by atoms with E-state index in [9.17, 15) is 4.39 Å². The standard InChI is InChI=1S/C23H21ClFN5OS.ClH/c24-19-10-11-22(31-16-17-6-4-5-9-21(17)25)18(14-19)15-26-12-13-32-23-27-28-29-30(23)20-7-2-1-3-8-20;/h1-11,14,26H,12-13,15-16H2;1H. The molecule has 172 valence electrons. The van der Waals surface area contributed by atoms with Gasteiger partial charge in [0.15, 0.2) is 0 Å². The third-order valence-corrected chi connectivity index (χ3v) is 5.79. The first-order valence-electron chi connectivity index (χ1n) is 10.0. The monoisotopic (exact) mass is 505 g/mol. The van der Waals surface area contributed by atoms with Crippen LogP contribution in [-0.4, -0.2) is 32.5 Å². The highest BCUT2D eigenvalue weighted by Crippen LogP contribution is 2.24. The van der Waals surface area contributed by atoms with Gasteiger partial charge in [-0.3, -0.25) is 0 Å². The van der Waals surface area contributed by atoms with Crippen molar-refractivity contribution in [3.63, 3.8) is 0 Å². The topological polar surface area (TPSA) is 64.9 Å². The Morgan fingerprint density at radius 2 is 1.79 bits per heavy atom. The highest BCUT2D eigenvalue weighted by Gasteiger charge is 2.10. The fourth-order valence-electron chi connectivity index (χ4n) is 3.04. The molecule has 0 amide bonds. The van der Waals surface area contributed by atoms with Crippen molar-refractivity contribution in [3.05, 3.63) is 94.8 Å². The van der Waals surface area contributed by atoms with Crippen molar-refractivity contribution in [3.8, 4) is 11.4 Å². The average molecular weight is 506 g/mol. The Kier molecular flexibility index (Phi) is 9.50. The number of hydrogen-bond donors (Lipinski definition) is 1. The van der Waals surface area contributed by atoms with Crippen molar-refractivity contribution >= 4 is 35.8 Å². The van der Waals surface area contributed by atoms with E-state index in [0.717, 1.165) is 28.7 Å². The molecule has 0 saturated heterocycles. The van der Waals surface area contributed by atoms with Crippen molar-refractivity contribution < 1.29 is 9.13 Å². The Morgan fingerprint density at radius 3 is 2.61 bits per heavy atom. The maximum absolute atomic E-state index is 13.9. The normalized spacial score (nSPS) is 10.6. The van der Waals surface area contributed by atoms with E-state index in [1.165, 1.54) is 6.07 Å². The fraction of sp³-hybridized carbons (Fsp3) is 0.174. The summed E-state index contributed by atoms with van der Waals surface area (Å²) >= 11 is 7.74. The molecule has 10 heteroatoms. The van der Waals surface area contributed by atoms with Gasteiger partial charge < -0.3 is 10.1 Å². The number of nitrogens with zero attached hydrogens (tertiary/aromatic N) is 4. The van der Waals surface area contributed by atoms with Gasteiger partial charge in [0, 0.05) is 35.0 Å². The SMILES string of the molecule is Cl.Fc1ccccc1COc1ccc(Cl)cc1CNCCSc1nnnn1-c1ccccc1. The first-order chi connectivity index (χ1) is 15.7. The first kappa shape index (κ1) is 25.0. The molecule has 1 heterocycles. The average Bonchev–Trinajstić information content (AvgIpc) is 3.28. The van der Waals surface area contributed by atoms with Crippen LogP contribution in [-0.2, 0) is 13.2 Å². The molecule has 1 N–H and O–H groups in total. The zero-order valence-corrected chi connectivity index (χ0v) is 19.9. The molecule has 4 aromatic rings. The lowest BCUT2D eigenvalue weighted by Gasteiger charge is -2.13. The molecule has 0 spiro atoms. The van der Waals surface area contributed by atoms with Gasteiger partial charge in [0.25, 0.3) is 0 Å². The van der Waals surface area contributed by atoms with Crippen molar-refractivity contribution in [1.82, 2.24) is 25.5 Å². The Morgan fingerprint density at radius 1 is 1.00 bits per heavy atom. The number of halogens is 3. The minimum absolute atomic E-state index is 0. The molecule has 0 aliphatic heterocycles. The zero-order valence-electron chi connectivity index (χ0n) is 17.5. The Balaban J connectivity index is 0.00000306. The minimum Gasteiger partial charge on any atom is -0.488 e. The lowest BCUT2D eigenvalue weighted by Crippen LogP contribution is -2.17. The fourth-order valence-corrected chi connectivity index (χ4v) is 4.02. The van der Waals surface area contributed by atoms with Crippen molar-refractivity contribution in [2.75, 3.05) is 12.3 Å². The summed E-state index contributed by atoms with van der Waals surface area (Å²) in [5.41, 5.74) is 2.34. The predicted molar refractivity (Wildman–Crippen MR) is 131 cm³/mol. The van der Waals surface area contributed by atoms with Crippen LogP contribution < -0.4 is 10.1 Å². The molecule has 0 atom stereocenters. The molecule has 1 aromatic heterocycles. The third-order valence-electron chi connectivity index (χ3n) is 4.63. The molecule has 0 aliphatic rings. The van der Waals surface area contributed by atoms with E-state index in [-0.39, 0.29) is 24.8 Å². The van der Waals surface area contributed by atoms with E-state index >= 15 is 0 Å². The summed E-state index contributed by atoms with van der Waals surface area (Å²) in [5.74, 6) is 1.17. The molecule has 0 fully saturated rings. The van der Waals surface area contributed by atoms with E-state index < -0.39 is 0 Å². The lowest BCUT2D eigenvalue weighted by molar-refractivity contribution is 0.296. The van der Waals surface area contributed by atoms with Gasteiger partial charge in [-0.15, -0.1) is 17.5 Å². The quantitative estimate of drug-likeness (QED) is 0.232. The van der Waals surface area contributed by atoms with Crippen LogP contribution in [0.4, 0.5) is 4.39 Å². The lowest BCUT2D eigenvalue weighted by atomic mass is 10.2. The maximum atomic E-state index is 13.9. The Labute approximate surface area is 206 Å². The molecular formula is C23H22Cl2FN5OS. The largest absolute Gasteiger partial charge is 0.488 e. The summed E-state index contributed by atoms with van der Waals surface area (Å²) < 4.78 is 21.5. The number of benzene rings is 3. The second-order valence-electron chi connectivity index (χ2n) is 6.87. The smallest absolute Gasteiger partial charge is 0.214 e. The molecule has 0 bridgehead atoms. The summed E-state index contributed by atoms with van der Waals surface area (Å²) in [6, 6.07) is 21.8. The molecule has 3 aromatic carbocycles. The van der Waals surface area contributed by atoms with Gasteiger partial charge >= 0.3 is 0 Å². The molecule has 6 nitrogen and oxygen atoms in total. The number of thioether (sulfide) groups is 1. The van der Waals surface area contributed by atoms with Crippen LogP contribution in [0.25, 0.3) is 5.69 Å². The highest BCUT2D eigenvalue weighted by atomic mass is 35.5.